The first-order valence-electron chi connectivity index (χ1n) is 8.11. The van der Waals surface area contributed by atoms with Gasteiger partial charge in [-0.15, -0.1) is 0 Å². The molecule has 0 unspecified atom stereocenters. The molecule has 0 aliphatic heterocycles. The minimum atomic E-state index is 0.654. The first kappa shape index (κ1) is 16.4. The maximum absolute atomic E-state index is 5.18. The van der Waals surface area contributed by atoms with E-state index in [1.807, 2.05) is 26.4 Å². The van der Waals surface area contributed by atoms with Crippen LogP contribution >= 0.6 is 0 Å². The lowest BCUT2D eigenvalue weighted by atomic mass is 10.1. The quantitative estimate of drug-likeness (QED) is 0.667. The van der Waals surface area contributed by atoms with Crippen molar-refractivity contribution in [2.24, 2.45) is 7.05 Å². The second kappa shape index (κ2) is 7.40. The van der Waals surface area contributed by atoms with Gasteiger partial charge in [0.1, 0.15) is 11.6 Å². The monoisotopic (exact) mass is 325 g/mol. The molecule has 3 rings (SSSR count). The number of aromatic nitrogens is 4. The van der Waals surface area contributed by atoms with Crippen LogP contribution in [0.4, 0.5) is 5.82 Å². The van der Waals surface area contributed by atoms with E-state index in [0.717, 1.165) is 42.1 Å². The van der Waals surface area contributed by atoms with E-state index in [9.17, 15) is 0 Å². The average Bonchev–Trinajstić information content (AvgIpc) is 2.99. The largest absolute Gasteiger partial charge is 0.383 e. The third kappa shape index (κ3) is 3.54. The Labute approximate surface area is 142 Å². The van der Waals surface area contributed by atoms with Crippen molar-refractivity contribution in [3.63, 3.8) is 0 Å². The summed E-state index contributed by atoms with van der Waals surface area (Å²) in [4.78, 5) is 11.6. The number of likely N-dealkylation sites (N-methyl/N-ethyl adjacent to an activating group) is 1. The molecule has 2 heterocycles. The molecule has 6 nitrogen and oxygen atoms in total. The van der Waals surface area contributed by atoms with Crippen molar-refractivity contribution in [1.82, 2.24) is 19.7 Å². The highest BCUT2D eigenvalue weighted by molar-refractivity contribution is 5.86. The molecule has 2 aromatic heterocycles. The van der Waals surface area contributed by atoms with Crippen LogP contribution in [0.25, 0.3) is 11.0 Å². The topological polar surface area (TPSA) is 56.1 Å². The van der Waals surface area contributed by atoms with Crippen molar-refractivity contribution in [1.29, 1.82) is 0 Å². The van der Waals surface area contributed by atoms with Gasteiger partial charge >= 0.3 is 0 Å². The number of fused-ring (bicyclic) bond motifs is 1. The standard InChI is InChI=1S/C18H23N5O/c1-22(11-12-24-3)17-15-13-19-23(2)18(15)21-16(20-17)10-9-14-7-5-4-6-8-14/h4-8,13H,9-12H2,1-3H3. The Morgan fingerprint density at radius 2 is 1.92 bits per heavy atom. The normalized spacial score (nSPS) is 11.1. The van der Waals surface area contributed by atoms with Gasteiger partial charge in [0.05, 0.1) is 18.2 Å². The fourth-order valence-electron chi connectivity index (χ4n) is 2.69. The number of anilines is 1. The Kier molecular flexibility index (Phi) is 5.05. The predicted molar refractivity (Wildman–Crippen MR) is 95.3 cm³/mol. The molecule has 24 heavy (non-hydrogen) atoms. The molecule has 0 aliphatic rings. The first-order valence-corrected chi connectivity index (χ1v) is 8.11. The molecule has 1 aromatic carbocycles. The summed E-state index contributed by atoms with van der Waals surface area (Å²) in [5.74, 6) is 1.75. The number of ether oxygens (including phenoxy) is 1. The summed E-state index contributed by atoms with van der Waals surface area (Å²) in [5.41, 5.74) is 2.16. The summed E-state index contributed by atoms with van der Waals surface area (Å²) in [7, 11) is 5.64. The van der Waals surface area contributed by atoms with Gasteiger partial charge in [0, 0.05) is 34.2 Å². The van der Waals surface area contributed by atoms with E-state index in [1.165, 1.54) is 5.56 Å². The molecular weight excluding hydrogens is 302 g/mol. The van der Waals surface area contributed by atoms with Crippen LogP contribution in [0.2, 0.25) is 0 Å². The summed E-state index contributed by atoms with van der Waals surface area (Å²) in [6.07, 6.45) is 3.55. The molecule has 0 N–H and O–H groups in total. The zero-order valence-corrected chi connectivity index (χ0v) is 14.4. The van der Waals surface area contributed by atoms with Crippen LogP contribution in [0, 0.1) is 0 Å². The highest BCUT2D eigenvalue weighted by Crippen LogP contribution is 2.23. The lowest BCUT2D eigenvalue weighted by molar-refractivity contribution is 0.206. The number of methoxy groups -OCH3 is 1. The van der Waals surface area contributed by atoms with E-state index in [4.69, 9.17) is 14.7 Å². The molecule has 0 saturated carbocycles. The van der Waals surface area contributed by atoms with E-state index >= 15 is 0 Å². The Morgan fingerprint density at radius 3 is 2.67 bits per heavy atom. The van der Waals surface area contributed by atoms with Crippen LogP contribution < -0.4 is 4.90 Å². The van der Waals surface area contributed by atoms with Gasteiger partial charge in [-0.3, -0.25) is 4.68 Å². The fourth-order valence-corrected chi connectivity index (χ4v) is 2.69. The molecule has 6 heteroatoms. The Bertz CT molecular complexity index is 800. The van der Waals surface area contributed by atoms with Crippen molar-refractivity contribution in [3.8, 4) is 0 Å². The second-order valence-electron chi connectivity index (χ2n) is 5.87. The molecule has 0 spiro atoms. The SMILES string of the molecule is COCCN(C)c1nc(CCc2ccccc2)nc2c1cnn2C. The van der Waals surface area contributed by atoms with Gasteiger partial charge in [-0.25, -0.2) is 9.97 Å². The average molecular weight is 325 g/mol. The smallest absolute Gasteiger partial charge is 0.163 e. The van der Waals surface area contributed by atoms with Crippen molar-refractivity contribution >= 4 is 16.9 Å². The summed E-state index contributed by atoms with van der Waals surface area (Å²) in [6, 6.07) is 10.4. The maximum Gasteiger partial charge on any atom is 0.163 e. The van der Waals surface area contributed by atoms with E-state index in [2.05, 4.69) is 34.3 Å². The Morgan fingerprint density at radius 1 is 1.12 bits per heavy atom. The molecule has 126 valence electrons. The minimum Gasteiger partial charge on any atom is -0.383 e. The number of benzene rings is 1. The van der Waals surface area contributed by atoms with Crippen molar-refractivity contribution in [2.75, 3.05) is 32.2 Å². The zero-order valence-electron chi connectivity index (χ0n) is 14.4. The van der Waals surface area contributed by atoms with E-state index < -0.39 is 0 Å². The molecule has 0 saturated heterocycles. The first-order chi connectivity index (χ1) is 11.7. The number of hydrogen-bond donors (Lipinski definition) is 0. The maximum atomic E-state index is 5.18. The molecular formula is C18H23N5O. The molecule has 0 amide bonds. The van der Waals surface area contributed by atoms with Crippen LogP contribution in [-0.2, 0) is 24.6 Å². The third-order valence-corrected chi connectivity index (χ3v) is 4.09. The molecule has 0 aliphatic carbocycles. The minimum absolute atomic E-state index is 0.654. The summed E-state index contributed by atoms with van der Waals surface area (Å²) >= 11 is 0. The Hall–Kier alpha value is -2.47. The number of hydrogen-bond acceptors (Lipinski definition) is 5. The van der Waals surface area contributed by atoms with Gasteiger partial charge in [-0.1, -0.05) is 30.3 Å². The fraction of sp³-hybridized carbons (Fsp3) is 0.389. The molecule has 0 fully saturated rings. The third-order valence-electron chi connectivity index (χ3n) is 4.09. The molecule has 0 radical (unpaired) electrons. The lowest BCUT2D eigenvalue weighted by Crippen LogP contribution is -2.24. The second-order valence-corrected chi connectivity index (χ2v) is 5.87. The van der Waals surface area contributed by atoms with E-state index in [-0.39, 0.29) is 0 Å². The van der Waals surface area contributed by atoms with Crippen LogP contribution in [-0.4, -0.2) is 47.1 Å². The van der Waals surface area contributed by atoms with Crippen molar-refractivity contribution < 1.29 is 4.74 Å². The van der Waals surface area contributed by atoms with Crippen LogP contribution in [0.1, 0.15) is 11.4 Å². The zero-order chi connectivity index (χ0) is 16.9. The Balaban J connectivity index is 1.89. The van der Waals surface area contributed by atoms with Crippen LogP contribution in [0.15, 0.2) is 36.5 Å². The van der Waals surface area contributed by atoms with E-state index in [1.54, 1.807) is 11.8 Å². The predicted octanol–water partition coefficient (Wildman–Crippen LogP) is 2.23. The molecule has 0 atom stereocenters. The van der Waals surface area contributed by atoms with Gasteiger partial charge in [-0.05, 0) is 12.0 Å². The van der Waals surface area contributed by atoms with Gasteiger partial charge in [-0.2, -0.15) is 5.10 Å². The lowest BCUT2D eigenvalue weighted by Gasteiger charge is -2.19. The van der Waals surface area contributed by atoms with Crippen LogP contribution in [0.3, 0.4) is 0 Å². The van der Waals surface area contributed by atoms with Gasteiger partial charge in [0.25, 0.3) is 0 Å². The molecule has 3 aromatic rings. The van der Waals surface area contributed by atoms with Gasteiger partial charge in [0.15, 0.2) is 5.65 Å². The number of aryl methyl sites for hydroxylation is 3. The number of rotatable bonds is 7. The van der Waals surface area contributed by atoms with Crippen molar-refractivity contribution in [2.45, 2.75) is 12.8 Å². The highest BCUT2D eigenvalue weighted by Gasteiger charge is 2.14. The highest BCUT2D eigenvalue weighted by atomic mass is 16.5. The summed E-state index contributed by atoms with van der Waals surface area (Å²) in [5, 5.41) is 5.31. The molecule has 0 bridgehead atoms. The number of nitrogens with zero attached hydrogens (tertiary/aromatic N) is 5. The van der Waals surface area contributed by atoms with Gasteiger partial charge < -0.3 is 9.64 Å². The van der Waals surface area contributed by atoms with Gasteiger partial charge in [0.2, 0.25) is 0 Å². The summed E-state index contributed by atoms with van der Waals surface area (Å²) in [6.45, 7) is 1.43. The summed E-state index contributed by atoms with van der Waals surface area (Å²) < 4.78 is 6.98. The van der Waals surface area contributed by atoms with Crippen LogP contribution in [0.5, 0.6) is 0 Å². The van der Waals surface area contributed by atoms with Crippen molar-refractivity contribution in [3.05, 3.63) is 47.9 Å². The van der Waals surface area contributed by atoms with E-state index in [0.29, 0.717) is 6.61 Å².